The summed E-state index contributed by atoms with van der Waals surface area (Å²) in [6, 6.07) is 1.35. The second kappa shape index (κ2) is 3.22. The minimum atomic E-state index is -4.36. The van der Waals surface area contributed by atoms with Crippen molar-refractivity contribution in [1.82, 2.24) is 9.55 Å². The van der Waals surface area contributed by atoms with Gasteiger partial charge in [-0.2, -0.15) is 13.2 Å². The van der Waals surface area contributed by atoms with E-state index in [-0.39, 0.29) is 10.9 Å². The Morgan fingerprint density at radius 2 is 2.07 bits per heavy atom. The number of nitrogens with zero attached hydrogens (tertiary/aromatic N) is 2. The fraction of sp³-hybridized carbons (Fsp3) is 0.222. The van der Waals surface area contributed by atoms with E-state index in [9.17, 15) is 17.6 Å². The number of halogens is 4. The molecule has 0 fully saturated rings. The summed E-state index contributed by atoms with van der Waals surface area (Å²) in [7, 11) is 0. The Balaban J connectivity index is 2.53. The van der Waals surface area contributed by atoms with Crippen LogP contribution in [0, 0.1) is 5.82 Å². The molecule has 0 N–H and O–H groups in total. The molecule has 0 aromatic carbocycles. The van der Waals surface area contributed by atoms with Crippen LogP contribution in [-0.2, 0) is 6.54 Å². The SMILES string of the molecule is Fc1cn(CC(F)(F)F)c2ccncc12. The Morgan fingerprint density at radius 3 is 2.73 bits per heavy atom. The van der Waals surface area contributed by atoms with Crippen molar-refractivity contribution in [3.63, 3.8) is 0 Å². The zero-order valence-electron chi connectivity index (χ0n) is 7.42. The summed E-state index contributed by atoms with van der Waals surface area (Å²) >= 11 is 0. The fourth-order valence-electron chi connectivity index (χ4n) is 1.42. The third kappa shape index (κ3) is 1.93. The smallest absolute Gasteiger partial charge is 0.335 e. The van der Waals surface area contributed by atoms with Crippen molar-refractivity contribution in [2.24, 2.45) is 0 Å². The maximum absolute atomic E-state index is 13.2. The van der Waals surface area contributed by atoms with Crippen molar-refractivity contribution in [3.8, 4) is 0 Å². The van der Waals surface area contributed by atoms with Crippen molar-refractivity contribution < 1.29 is 17.6 Å². The third-order valence-corrected chi connectivity index (χ3v) is 1.98. The minimum absolute atomic E-state index is 0.0988. The number of hydrogen-bond donors (Lipinski definition) is 0. The number of rotatable bonds is 1. The van der Waals surface area contributed by atoms with E-state index in [2.05, 4.69) is 4.98 Å². The first-order valence-corrected chi connectivity index (χ1v) is 4.12. The molecule has 0 aliphatic rings. The van der Waals surface area contributed by atoms with Gasteiger partial charge in [0.25, 0.3) is 0 Å². The van der Waals surface area contributed by atoms with Gasteiger partial charge in [0.1, 0.15) is 12.4 Å². The average molecular weight is 218 g/mol. The molecule has 0 saturated heterocycles. The molecule has 15 heavy (non-hydrogen) atoms. The van der Waals surface area contributed by atoms with Crippen molar-refractivity contribution in [2.45, 2.75) is 12.7 Å². The van der Waals surface area contributed by atoms with Crippen molar-refractivity contribution >= 4 is 10.9 Å². The van der Waals surface area contributed by atoms with Crippen LogP contribution < -0.4 is 0 Å². The minimum Gasteiger partial charge on any atom is -0.335 e. The highest BCUT2D eigenvalue weighted by atomic mass is 19.4. The Labute approximate surface area is 82.1 Å². The molecular formula is C9H6F4N2. The van der Waals surface area contributed by atoms with E-state index >= 15 is 0 Å². The molecule has 0 amide bonds. The molecule has 2 aromatic heterocycles. The predicted octanol–water partition coefficient (Wildman–Crippen LogP) is 2.74. The molecule has 0 aliphatic heterocycles. The summed E-state index contributed by atoms with van der Waals surface area (Å²) < 4.78 is 50.3. The fourth-order valence-corrected chi connectivity index (χ4v) is 1.42. The molecule has 0 radical (unpaired) electrons. The van der Waals surface area contributed by atoms with Crippen LogP contribution in [0.15, 0.2) is 24.7 Å². The zero-order valence-corrected chi connectivity index (χ0v) is 7.42. The van der Waals surface area contributed by atoms with Gasteiger partial charge in [0.15, 0.2) is 0 Å². The van der Waals surface area contributed by atoms with E-state index in [4.69, 9.17) is 0 Å². The maximum atomic E-state index is 13.2. The molecule has 0 saturated carbocycles. The highest BCUT2D eigenvalue weighted by Crippen LogP contribution is 2.24. The highest BCUT2D eigenvalue weighted by Gasteiger charge is 2.28. The standard InChI is InChI=1S/C9H6F4N2/c10-7-4-15(5-9(11,12)13)8-1-2-14-3-6(7)8/h1-4H,5H2. The van der Waals surface area contributed by atoms with E-state index in [0.29, 0.717) is 0 Å². The summed E-state index contributed by atoms with van der Waals surface area (Å²) in [6.07, 6.45) is -0.992. The van der Waals surface area contributed by atoms with Crippen LogP contribution in [0.4, 0.5) is 17.6 Å². The van der Waals surface area contributed by atoms with Crippen LogP contribution in [-0.4, -0.2) is 15.7 Å². The number of aromatic nitrogens is 2. The molecule has 0 aliphatic carbocycles. The summed E-state index contributed by atoms with van der Waals surface area (Å²) in [6.45, 7) is -1.20. The molecule has 2 aromatic rings. The third-order valence-electron chi connectivity index (χ3n) is 1.98. The van der Waals surface area contributed by atoms with Gasteiger partial charge in [-0.15, -0.1) is 0 Å². The number of alkyl halides is 3. The second-order valence-electron chi connectivity index (χ2n) is 3.11. The molecule has 0 atom stereocenters. The van der Waals surface area contributed by atoms with Crippen LogP contribution in [0.5, 0.6) is 0 Å². The lowest BCUT2D eigenvalue weighted by atomic mass is 10.3. The Hall–Kier alpha value is -1.59. The molecule has 0 spiro atoms. The molecule has 2 nitrogen and oxygen atoms in total. The topological polar surface area (TPSA) is 17.8 Å². The van der Waals surface area contributed by atoms with Crippen LogP contribution >= 0.6 is 0 Å². The van der Waals surface area contributed by atoms with Gasteiger partial charge in [0.2, 0.25) is 0 Å². The van der Waals surface area contributed by atoms with Gasteiger partial charge in [-0.1, -0.05) is 0 Å². The van der Waals surface area contributed by atoms with Crippen molar-refractivity contribution in [2.75, 3.05) is 0 Å². The Kier molecular flexibility index (Phi) is 2.13. The first-order chi connectivity index (χ1) is 6.97. The lowest BCUT2D eigenvalue weighted by Crippen LogP contribution is -2.16. The maximum Gasteiger partial charge on any atom is 0.406 e. The van der Waals surface area contributed by atoms with Crippen LogP contribution in [0.2, 0.25) is 0 Å². The van der Waals surface area contributed by atoms with E-state index in [1.54, 1.807) is 0 Å². The molecule has 0 unspecified atom stereocenters. The Morgan fingerprint density at radius 1 is 1.33 bits per heavy atom. The van der Waals surface area contributed by atoms with Gasteiger partial charge in [-0.25, -0.2) is 4.39 Å². The van der Waals surface area contributed by atoms with Gasteiger partial charge >= 0.3 is 6.18 Å². The van der Waals surface area contributed by atoms with E-state index in [1.807, 2.05) is 0 Å². The summed E-state index contributed by atoms with van der Waals surface area (Å²) in [5.74, 6) is -0.692. The number of pyridine rings is 1. The van der Waals surface area contributed by atoms with Gasteiger partial charge in [0, 0.05) is 18.6 Å². The van der Waals surface area contributed by atoms with Gasteiger partial charge < -0.3 is 4.57 Å². The van der Waals surface area contributed by atoms with Crippen molar-refractivity contribution in [3.05, 3.63) is 30.5 Å². The van der Waals surface area contributed by atoms with Crippen LogP contribution in [0.3, 0.4) is 0 Å². The van der Waals surface area contributed by atoms with Gasteiger partial charge in [0.05, 0.1) is 10.9 Å². The second-order valence-corrected chi connectivity index (χ2v) is 3.11. The van der Waals surface area contributed by atoms with Crippen LogP contribution in [0.25, 0.3) is 10.9 Å². The lowest BCUT2D eigenvalue weighted by Gasteiger charge is -2.08. The lowest BCUT2D eigenvalue weighted by molar-refractivity contribution is -0.139. The largest absolute Gasteiger partial charge is 0.406 e. The molecule has 2 heterocycles. The number of hydrogen-bond acceptors (Lipinski definition) is 1. The van der Waals surface area contributed by atoms with Gasteiger partial charge in [-0.3, -0.25) is 4.98 Å². The predicted molar refractivity (Wildman–Crippen MR) is 45.7 cm³/mol. The molecular weight excluding hydrogens is 212 g/mol. The summed E-state index contributed by atoms with van der Waals surface area (Å²) in [4.78, 5) is 3.65. The average Bonchev–Trinajstić information content (AvgIpc) is 2.42. The van der Waals surface area contributed by atoms with E-state index < -0.39 is 18.5 Å². The summed E-state index contributed by atoms with van der Waals surface area (Å²) in [5, 5.41) is 0.0988. The van der Waals surface area contributed by atoms with E-state index in [1.165, 1.54) is 18.5 Å². The first-order valence-electron chi connectivity index (χ1n) is 4.12. The quantitative estimate of drug-likeness (QED) is 0.673. The molecule has 0 bridgehead atoms. The molecule has 80 valence electrons. The monoisotopic (exact) mass is 218 g/mol. The summed E-state index contributed by atoms with van der Waals surface area (Å²) in [5.41, 5.74) is 0.194. The van der Waals surface area contributed by atoms with Crippen LogP contribution in [0.1, 0.15) is 0 Å². The van der Waals surface area contributed by atoms with Crippen molar-refractivity contribution in [1.29, 1.82) is 0 Å². The normalized spacial score (nSPS) is 12.3. The first kappa shape index (κ1) is 9.95. The molecule has 2 rings (SSSR count). The number of fused-ring (bicyclic) bond motifs is 1. The van der Waals surface area contributed by atoms with E-state index in [0.717, 1.165) is 10.8 Å². The Bertz CT molecular complexity index is 486. The van der Waals surface area contributed by atoms with Gasteiger partial charge in [-0.05, 0) is 6.07 Å². The molecule has 6 heteroatoms. The zero-order chi connectivity index (χ0) is 11.1. The highest BCUT2D eigenvalue weighted by molar-refractivity contribution is 5.79.